The highest BCUT2D eigenvalue weighted by Crippen LogP contribution is 2.38. The Balaban J connectivity index is 2.53. The summed E-state index contributed by atoms with van der Waals surface area (Å²) in [6, 6.07) is 8.56. The lowest BCUT2D eigenvalue weighted by Crippen LogP contribution is -2.01. The van der Waals surface area contributed by atoms with Crippen LogP contribution < -0.4 is 0 Å². The third kappa shape index (κ3) is 3.13. The Morgan fingerprint density at radius 2 is 1.68 bits per heavy atom. The quantitative estimate of drug-likeness (QED) is 0.559. The summed E-state index contributed by atoms with van der Waals surface area (Å²) in [6.07, 6.45) is 0. The van der Waals surface area contributed by atoms with E-state index in [1.807, 2.05) is 26.0 Å². The first-order valence-electron chi connectivity index (χ1n) is 5.76. The van der Waals surface area contributed by atoms with Gasteiger partial charge >= 0.3 is 0 Å². The van der Waals surface area contributed by atoms with Crippen LogP contribution in [0.4, 0.5) is 4.39 Å². The highest BCUT2D eigenvalue weighted by atomic mass is 79.9. The highest BCUT2D eigenvalue weighted by Gasteiger charge is 2.19. The van der Waals surface area contributed by atoms with E-state index in [9.17, 15) is 4.39 Å². The minimum atomic E-state index is -0.388. The Kier molecular flexibility index (Phi) is 4.54. The van der Waals surface area contributed by atoms with Gasteiger partial charge in [0.25, 0.3) is 0 Å². The number of hydrogen-bond donors (Lipinski definition) is 0. The van der Waals surface area contributed by atoms with Crippen LogP contribution in [-0.4, -0.2) is 0 Å². The second-order valence-electron chi connectivity index (χ2n) is 4.48. The van der Waals surface area contributed by atoms with Crippen LogP contribution in [0.3, 0.4) is 0 Å². The van der Waals surface area contributed by atoms with Crippen LogP contribution in [0.5, 0.6) is 0 Å². The van der Waals surface area contributed by atoms with Gasteiger partial charge in [-0.05, 0) is 60.4 Å². The van der Waals surface area contributed by atoms with Gasteiger partial charge in [0.1, 0.15) is 5.82 Å². The molecule has 0 N–H and O–H groups in total. The van der Waals surface area contributed by atoms with E-state index in [4.69, 9.17) is 23.2 Å². The molecule has 1 unspecified atom stereocenters. The standard InChI is InChI=1S/C15H12BrCl2F/c1-8-5-11(19)6-9(2)14(8)15(18)12-4-3-10(16)7-13(12)17/h3-7,15H,1-2H3. The maximum absolute atomic E-state index is 13.3. The number of benzene rings is 2. The maximum atomic E-state index is 13.3. The molecule has 0 aliphatic heterocycles. The molecular weight excluding hydrogens is 350 g/mol. The van der Waals surface area contributed by atoms with E-state index in [1.165, 1.54) is 12.1 Å². The molecule has 0 heterocycles. The molecule has 0 saturated heterocycles. The number of alkyl halides is 1. The zero-order valence-corrected chi connectivity index (χ0v) is 13.6. The third-order valence-corrected chi connectivity index (χ3v) is 4.32. The molecule has 0 aliphatic rings. The van der Waals surface area contributed by atoms with Gasteiger partial charge in [-0.15, -0.1) is 11.6 Å². The fraction of sp³-hybridized carbons (Fsp3) is 0.200. The zero-order chi connectivity index (χ0) is 14.2. The number of rotatable bonds is 2. The van der Waals surface area contributed by atoms with Gasteiger partial charge in [0.05, 0.1) is 5.38 Å². The van der Waals surface area contributed by atoms with E-state index in [0.29, 0.717) is 5.02 Å². The number of halogens is 4. The molecule has 2 aromatic rings. The van der Waals surface area contributed by atoms with Crippen molar-refractivity contribution in [1.29, 1.82) is 0 Å². The van der Waals surface area contributed by atoms with Gasteiger partial charge in [-0.3, -0.25) is 0 Å². The van der Waals surface area contributed by atoms with Crippen LogP contribution in [0.2, 0.25) is 5.02 Å². The van der Waals surface area contributed by atoms with Gasteiger partial charge in [0, 0.05) is 9.50 Å². The molecule has 4 heteroatoms. The van der Waals surface area contributed by atoms with Gasteiger partial charge < -0.3 is 0 Å². The van der Waals surface area contributed by atoms with Gasteiger partial charge in [-0.2, -0.15) is 0 Å². The van der Waals surface area contributed by atoms with Crippen molar-refractivity contribution in [3.05, 3.63) is 67.9 Å². The molecule has 0 nitrogen and oxygen atoms in total. The van der Waals surface area contributed by atoms with Crippen molar-refractivity contribution in [2.75, 3.05) is 0 Å². The second-order valence-corrected chi connectivity index (χ2v) is 6.24. The molecule has 0 spiro atoms. The van der Waals surface area contributed by atoms with E-state index in [2.05, 4.69) is 15.9 Å². The third-order valence-electron chi connectivity index (χ3n) is 3.05. The summed E-state index contributed by atoms with van der Waals surface area (Å²) >= 11 is 16.1. The lowest BCUT2D eigenvalue weighted by atomic mass is 9.95. The summed E-state index contributed by atoms with van der Waals surface area (Å²) in [5.74, 6) is -0.246. The Morgan fingerprint density at radius 1 is 1.11 bits per heavy atom. The van der Waals surface area contributed by atoms with Crippen molar-refractivity contribution in [3.63, 3.8) is 0 Å². The zero-order valence-electron chi connectivity index (χ0n) is 10.5. The molecule has 0 aromatic heterocycles. The smallest absolute Gasteiger partial charge is 0.123 e. The van der Waals surface area contributed by atoms with Crippen LogP contribution in [0.1, 0.15) is 27.6 Å². The highest BCUT2D eigenvalue weighted by molar-refractivity contribution is 9.10. The predicted octanol–water partition coefficient (Wildman–Crippen LogP) is 6.19. The average Bonchev–Trinajstić information content (AvgIpc) is 2.26. The molecule has 0 amide bonds. The lowest BCUT2D eigenvalue weighted by Gasteiger charge is -2.17. The van der Waals surface area contributed by atoms with Crippen LogP contribution in [-0.2, 0) is 0 Å². The SMILES string of the molecule is Cc1cc(F)cc(C)c1C(Cl)c1ccc(Br)cc1Cl. The van der Waals surface area contributed by atoms with Gasteiger partial charge in [0.15, 0.2) is 0 Å². The van der Waals surface area contributed by atoms with E-state index in [1.54, 1.807) is 6.07 Å². The van der Waals surface area contributed by atoms with Crippen LogP contribution in [0.25, 0.3) is 0 Å². The van der Waals surface area contributed by atoms with Gasteiger partial charge in [-0.1, -0.05) is 33.6 Å². The molecule has 0 bridgehead atoms. The van der Waals surface area contributed by atoms with Crippen molar-refractivity contribution >= 4 is 39.1 Å². The van der Waals surface area contributed by atoms with Crippen LogP contribution in [0.15, 0.2) is 34.8 Å². The van der Waals surface area contributed by atoms with Crippen LogP contribution in [0, 0.1) is 19.7 Å². The summed E-state index contributed by atoms with van der Waals surface area (Å²) in [4.78, 5) is 0. The van der Waals surface area contributed by atoms with Crippen molar-refractivity contribution in [1.82, 2.24) is 0 Å². The number of aryl methyl sites for hydroxylation is 2. The minimum absolute atomic E-state index is 0.246. The summed E-state index contributed by atoms with van der Waals surface area (Å²) in [7, 11) is 0. The Bertz CT molecular complexity index is 603. The molecule has 0 fully saturated rings. The molecule has 2 aromatic carbocycles. The largest absolute Gasteiger partial charge is 0.207 e. The van der Waals surface area contributed by atoms with Gasteiger partial charge in [0.2, 0.25) is 0 Å². The predicted molar refractivity (Wildman–Crippen MR) is 82.7 cm³/mol. The monoisotopic (exact) mass is 360 g/mol. The summed E-state index contributed by atoms with van der Waals surface area (Å²) < 4.78 is 14.2. The summed E-state index contributed by atoms with van der Waals surface area (Å²) in [6.45, 7) is 3.71. The minimum Gasteiger partial charge on any atom is -0.207 e. The first-order valence-corrected chi connectivity index (χ1v) is 7.36. The summed E-state index contributed by atoms with van der Waals surface area (Å²) in [5.41, 5.74) is 3.39. The molecule has 0 saturated carbocycles. The molecule has 100 valence electrons. The van der Waals surface area contributed by atoms with Crippen molar-refractivity contribution in [3.8, 4) is 0 Å². The summed E-state index contributed by atoms with van der Waals surface area (Å²) in [5, 5.41) is 0.207. The fourth-order valence-corrected chi connectivity index (χ4v) is 3.56. The molecule has 19 heavy (non-hydrogen) atoms. The number of hydrogen-bond acceptors (Lipinski definition) is 0. The Morgan fingerprint density at radius 3 is 2.21 bits per heavy atom. The van der Waals surface area contributed by atoms with E-state index < -0.39 is 0 Å². The lowest BCUT2D eigenvalue weighted by molar-refractivity contribution is 0.624. The molecular formula is C15H12BrCl2F. The van der Waals surface area contributed by atoms with E-state index >= 15 is 0 Å². The van der Waals surface area contributed by atoms with E-state index in [0.717, 1.165) is 26.7 Å². The van der Waals surface area contributed by atoms with Crippen molar-refractivity contribution in [2.45, 2.75) is 19.2 Å². The van der Waals surface area contributed by atoms with E-state index in [-0.39, 0.29) is 11.2 Å². The molecule has 0 aliphatic carbocycles. The average molecular weight is 362 g/mol. The first-order chi connectivity index (χ1) is 8.90. The molecule has 2 rings (SSSR count). The normalized spacial score (nSPS) is 12.5. The Labute approximate surface area is 130 Å². The first kappa shape index (κ1) is 14.8. The van der Waals surface area contributed by atoms with Gasteiger partial charge in [-0.25, -0.2) is 4.39 Å². The topological polar surface area (TPSA) is 0 Å². The maximum Gasteiger partial charge on any atom is 0.123 e. The van der Waals surface area contributed by atoms with Crippen molar-refractivity contribution < 1.29 is 4.39 Å². The molecule has 1 atom stereocenters. The molecule has 0 radical (unpaired) electrons. The second kappa shape index (κ2) is 5.82. The van der Waals surface area contributed by atoms with Crippen LogP contribution >= 0.6 is 39.1 Å². The fourth-order valence-electron chi connectivity index (χ4n) is 2.18. The van der Waals surface area contributed by atoms with Crippen molar-refractivity contribution in [2.24, 2.45) is 0 Å². The Hall–Kier alpha value is -0.570.